The lowest BCUT2D eigenvalue weighted by Crippen LogP contribution is -2.21. The zero-order valence-corrected chi connectivity index (χ0v) is 11.4. The molecule has 96 valence electrons. The van der Waals surface area contributed by atoms with E-state index in [4.69, 9.17) is 4.42 Å². The molecule has 18 heavy (non-hydrogen) atoms. The SMILES string of the molecule is CC(C)N=c1oc2c(n1C(C)C)C=CC=CC=C2. The molecule has 3 nitrogen and oxygen atoms in total. The van der Waals surface area contributed by atoms with Crippen LogP contribution >= 0.6 is 0 Å². The molecule has 1 aromatic rings. The summed E-state index contributed by atoms with van der Waals surface area (Å²) in [5.74, 6) is 0.865. The molecule has 0 bridgehead atoms. The summed E-state index contributed by atoms with van der Waals surface area (Å²) in [6.07, 6.45) is 12.1. The number of rotatable bonds is 2. The van der Waals surface area contributed by atoms with Gasteiger partial charge in [-0.25, -0.2) is 4.99 Å². The minimum absolute atomic E-state index is 0.220. The van der Waals surface area contributed by atoms with Gasteiger partial charge < -0.3 is 4.42 Å². The molecule has 1 aromatic heterocycles. The van der Waals surface area contributed by atoms with Gasteiger partial charge in [0, 0.05) is 12.1 Å². The van der Waals surface area contributed by atoms with E-state index in [1.165, 1.54) is 0 Å². The zero-order chi connectivity index (χ0) is 13.1. The van der Waals surface area contributed by atoms with Crippen LogP contribution in [0.15, 0.2) is 33.7 Å². The van der Waals surface area contributed by atoms with Crippen LogP contribution in [-0.2, 0) is 0 Å². The van der Waals surface area contributed by atoms with Gasteiger partial charge in [-0.05, 0) is 39.8 Å². The van der Waals surface area contributed by atoms with Crippen molar-refractivity contribution in [2.24, 2.45) is 4.99 Å². The van der Waals surface area contributed by atoms with Gasteiger partial charge in [0.2, 0.25) is 0 Å². The first kappa shape index (κ1) is 12.7. The summed E-state index contributed by atoms with van der Waals surface area (Å²) in [5, 5.41) is 0. The second-order valence-electron chi connectivity index (χ2n) is 4.92. The Balaban J connectivity index is 2.68. The van der Waals surface area contributed by atoms with Crippen LogP contribution in [0.5, 0.6) is 0 Å². The summed E-state index contributed by atoms with van der Waals surface area (Å²) in [7, 11) is 0. The normalized spacial score (nSPS) is 15.3. The lowest BCUT2D eigenvalue weighted by Gasteiger charge is -2.09. The lowest BCUT2D eigenvalue weighted by atomic mass is 10.2. The maximum Gasteiger partial charge on any atom is 0.298 e. The van der Waals surface area contributed by atoms with Crippen LogP contribution in [0.25, 0.3) is 12.2 Å². The van der Waals surface area contributed by atoms with E-state index in [9.17, 15) is 0 Å². The smallest absolute Gasteiger partial charge is 0.298 e. The van der Waals surface area contributed by atoms with E-state index in [0.717, 1.165) is 11.5 Å². The van der Waals surface area contributed by atoms with Crippen LogP contribution in [0, 0.1) is 0 Å². The highest BCUT2D eigenvalue weighted by atomic mass is 16.4. The molecule has 1 heterocycles. The minimum atomic E-state index is 0.220. The fourth-order valence-electron chi connectivity index (χ4n) is 1.93. The Morgan fingerprint density at radius 2 is 1.67 bits per heavy atom. The molecule has 0 saturated heterocycles. The number of aromatic nitrogens is 1. The second-order valence-corrected chi connectivity index (χ2v) is 4.92. The van der Waals surface area contributed by atoms with Crippen molar-refractivity contribution in [2.45, 2.75) is 39.8 Å². The van der Waals surface area contributed by atoms with Crippen molar-refractivity contribution in [1.29, 1.82) is 0 Å². The predicted molar refractivity (Wildman–Crippen MR) is 75.0 cm³/mol. The standard InChI is InChI=1S/C15H20N2O/c1-11(2)16-15-17(12(3)4)13-9-7-5-6-8-10-14(13)18-15/h5-12H,1-4H3. The predicted octanol–water partition coefficient (Wildman–Crippen LogP) is 3.57. The topological polar surface area (TPSA) is 30.4 Å². The fourth-order valence-corrected chi connectivity index (χ4v) is 1.93. The first-order valence-corrected chi connectivity index (χ1v) is 6.40. The van der Waals surface area contributed by atoms with Crippen molar-refractivity contribution in [2.75, 3.05) is 0 Å². The molecule has 0 spiro atoms. The number of fused-ring (bicyclic) bond motifs is 1. The maximum absolute atomic E-state index is 5.87. The van der Waals surface area contributed by atoms with Crippen LogP contribution in [-0.4, -0.2) is 10.6 Å². The number of oxazole rings is 1. The highest BCUT2D eigenvalue weighted by Crippen LogP contribution is 2.18. The molecule has 2 rings (SSSR count). The second kappa shape index (κ2) is 5.25. The molecule has 0 aliphatic heterocycles. The summed E-state index contributed by atoms with van der Waals surface area (Å²) >= 11 is 0. The highest BCUT2D eigenvalue weighted by Gasteiger charge is 2.14. The van der Waals surface area contributed by atoms with Crippen molar-refractivity contribution < 1.29 is 4.42 Å². The number of hydrogen-bond acceptors (Lipinski definition) is 2. The Hall–Kier alpha value is -1.77. The van der Waals surface area contributed by atoms with Crippen molar-refractivity contribution in [1.82, 2.24) is 4.57 Å². The molecule has 0 unspecified atom stereocenters. The van der Waals surface area contributed by atoms with E-state index in [0.29, 0.717) is 11.7 Å². The summed E-state index contributed by atoms with van der Waals surface area (Å²) in [6.45, 7) is 8.39. The van der Waals surface area contributed by atoms with E-state index in [2.05, 4.69) is 43.3 Å². The van der Waals surface area contributed by atoms with E-state index < -0.39 is 0 Å². The molecule has 1 aliphatic rings. The summed E-state index contributed by atoms with van der Waals surface area (Å²) in [6, 6.07) is 0.537. The summed E-state index contributed by atoms with van der Waals surface area (Å²) in [5.41, 5.74) is 1.77. The van der Waals surface area contributed by atoms with Gasteiger partial charge >= 0.3 is 0 Å². The molecular formula is C15H20N2O. The van der Waals surface area contributed by atoms with Crippen molar-refractivity contribution in [3.05, 3.63) is 41.4 Å². The van der Waals surface area contributed by atoms with Crippen molar-refractivity contribution >= 4 is 12.2 Å². The molecule has 0 aromatic carbocycles. The van der Waals surface area contributed by atoms with Crippen molar-refractivity contribution in [3.8, 4) is 0 Å². The van der Waals surface area contributed by atoms with E-state index in [1.54, 1.807) is 0 Å². The number of nitrogens with zero attached hydrogens (tertiary/aromatic N) is 2. The molecule has 3 heteroatoms. The van der Waals surface area contributed by atoms with Gasteiger partial charge in [0.25, 0.3) is 5.68 Å². The monoisotopic (exact) mass is 244 g/mol. The Kier molecular flexibility index (Phi) is 3.70. The molecule has 0 N–H and O–H groups in total. The minimum Gasteiger partial charge on any atom is -0.424 e. The van der Waals surface area contributed by atoms with Gasteiger partial charge in [0.1, 0.15) is 0 Å². The molecule has 1 aliphatic carbocycles. The summed E-state index contributed by atoms with van der Waals surface area (Å²) < 4.78 is 8.00. The van der Waals surface area contributed by atoms with Crippen LogP contribution in [0.2, 0.25) is 0 Å². The first-order valence-electron chi connectivity index (χ1n) is 6.40. The largest absolute Gasteiger partial charge is 0.424 e. The van der Waals surface area contributed by atoms with Gasteiger partial charge in [-0.2, -0.15) is 0 Å². The van der Waals surface area contributed by atoms with Crippen LogP contribution in [0.1, 0.15) is 45.2 Å². The van der Waals surface area contributed by atoms with Crippen molar-refractivity contribution in [3.63, 3.8) is 0 Å². The van der Waals surface area contributed by atoms with Crippen LogP contribution in [0.3, 0.4) is 0 Å². The van der Waals surface area contributed by atoms with E-state index >= 15 is 0 Å². The molecule has 0 amide bonds. The average Bonchev–Trinajstić information content (AvgIpc) is 2.55. The molecule has 0 saturated carbocycles. The van der Waals surface area contributed by atoms with Gasteiger partial charge in [0.05, 0.1) is 5.69 Å². The third-order valence-electron chi connectivity index (χ3n) is 2.64. The maximum atomic E-state index is 5.87. The molecule has 0 fully saturated rings. The fraction of sp³-hybridized carbons (Fsp3) is 0.400. The Morgan fingerprint density at radius 1 is 1.00 bits per heavy atom. The third-order valence-corrected chi connectivity index (χ3v) is 2.64. The first-order chi connectivity index (χ1) is 8.59. The zero-order valence-electron chi connectivity index (χ0n) is 11.4. The summed E-state index contributed by atoms with van der Waals surface area (Å²) in [4.78, 5) is 4.55. The Bertz CT molecular complexity index is 566. The highest BCUT2D eigenvalue weighted by molar-refractivity contribution is 5.62. The van der Waals surface area contributed by atoms with Gasteiger partial charge in [-0.1, -0.05) is 24.3 Å². The number of allylic oxidation sites excluding steroid dienone is 4. The third kappa shape index (κ3) is 2.55. The Labute approximate surface area is 108 Å². The average molecular weight is 244 g/mol. The van der Waals surface area contributed by atoms with Crippen LogP contribution < -0.4 is 5.68 Å². The molecule has 0 atom stereocenters. The Morgan fingerprint density at radius 3 is 2.28 bits per heavy atom. The quantitative estimate of drug-likeness (QED) is 0.782. The van der Waals surface area contributed by atoms with Crippen LogP contribution in [0.4, 0.5) is 0 Å². The lowest BCUT2D eigenvalue weighted by molar-refractivity contribution is 0.423. The molecule has 0 radical (unpaired) electrons. The van der Waals surface area contributed by atoms with E-state index in [-0.39, 0.29) is 6.04 Å². The number of hydrogen-bond donors (Lipinski definition) is 0. The molecular weight excluding hydrogens is 224 g/mol. The van der Waals surface area contributed by atoms with Gasteiger partial charge in [-0.15, -0.1) is 0 Å². The van der Waals surface area contributed by atoms with Gasteiger partial charge in [-0.3, -0.25) is 4.57 Å². The van der Waals surface area contributed by atoms with Gasteiger partial charge in [0.15, 0.2) is 5.76 Å². The van der Waals surface area contributed by atoms with E-state index in [1.807, 2.05) is 30.4 Å².